The second-order valence-electron chi connectivity index (χ2n) is 3.59. The van der Waals surface area contributed by atoms with E-state index in [1.165, 1.54) is 11.1 Å². The lowest BCUT2D eigenvalue weighted by molar-refractivity contribution is 1.48. The largest absolute Gasteiger partial charge is 0.102 e. The first-order valence-electron chi connectivity index (χ1n) is 5.06. The molecule has 15 heavy (non-hydrogen) atoms. The van der Waals surface area contributed by atoms with E-state index in [4.69, 9.17) is 0 Å². The Morgan fingerprint density at radius 1 is 0.933 bits per heavy atom. The average molecular weight is 306 g/mol. The first-order valence-corrected chi connectivity index (χ1v) is 7.39. The van der Waals surface area contributed by atoms with E-state index in [0.29, 0.717) is 3.92 Å². The van der Waals surface area contributed by atoms with Crippen molar-refractivity contribution < 1.29 is 0 Å². The molecule has 2 bridgehead atoms. The molecular formula is C14H11I. The van der Waals surface area contributed by atoms with Crippen molar-refractivity contribution in [1.82, 2.24) is 0 Å². The molecule has 2 heterocycles. The number of allylic oxidation sites excluding steroid dienone is 5. The number of hydrogen-bond donors (Lipinski definition) is 0. The van der Waals surface area contributed by atoms with Crippen molar-refractivity contribution in [2.45, 2.75) is 3.92 Å². The fraction of sp³-hybridized carbons (Fsp3) is 0.0714. The Morgan fingerprint density at radius 3 is 2.87 bits per heavy atom. The average Bonchev–Trinajstić information content (AvgIpc) is 2.61. The lowest BCUT2D eigenvalue weighted by Crippen LogP contribution is -1.95. The van der Waals surface area contributed by atoms with E-state index >= 15 is 0 Å². The van der Waals surface area contributed by atoms with Crippen LogP contribution in [0.2, 0.25) is 0 Å². The molecule has 1 unspecified atom stereocenters. The third kappa shape index (κ3) is 1.76. The SMILES string of the molecule is C1=CC2=IC(C=C1)C=Cc1ccccc12. The standard InChI is InChI=1S/C14H11I/c1-3-7-13-11(5-1)9-10-12-6-2-4-8-14(13)15-12/h1-10,12H. The fourth-order valence-corrected chi connectivity index (χ4v) is 4.70. The highest BCUT2D eigenvalue weighted by Gasteiger charge is 2.10. The summed E-state index contributed by atoms with van der Waals surface area (Å²) in [6.45, 7) is 0. The van der Waals surface area contributed by atoms with Crippen LogP contribution in [0.5, 0.6) is 0 Å². The molecule has 0 amide bonds. The molecule has 1 aromatic carbocycles. The summed E-state index contributed by atoms with van der Waals surface area (Å²) < 4.78 is 2.23. The lowest BCUT2D eigenvalue weighted by atomic mass is 10.0. The van der Waals surface area contributed by atoms with E-state index in [-0.39, 0.29) is 20.7 Å². The normalized spacial score (nSPS) is 22.1. The molecule has 1 aromatic rings. The molecule has 3 rings (SSSR count). The zero-order chi connectivity index (χ0) is 10.1. The lowest BCUT2D eigenvalue weighted by Gasteiger charge is -2.04. The summed E-state index contributed by atoms with van der Waals surface area (Å²) in [7, 11) is 0. The van der Waals surface area contributed by atoms with Gasteiger partial charge >= 0.3 is 0 Å². The molecule has 0 spiro atoms. The summed E-state index contributed by atoms with van der Waals surface area (Å²) >= 11 is 0.0850. The Morgan fingerprint density at radius 2 is 1.87 bits per heavy atom. The van der Waals surface area contributed by atoms with Crippen molar-refractivity contribution in [3.63, 3.8) is 0 Å². The predicted octanol–water partition coefficient (Wildman–Crippen LogP) is 3.70. The smallest absolute Gasteiger partial charge is 0.0433 e. The molecule has 1 heteroatoms. The highest BCUT2D eigenvalue weighted by Crippen LogP contribution is 2.28. The number of hydrogen-bond acceptors (Lipinski definition) is 0. The fourth-order valence-electron chi connectivity index (χ4n) is 1.82. The van der Waals surface area contributed by atoms with Gasteiger partial charge in [0.1, 0.15) is 0 Å². The van der Waals surface area contributed by atoms with E-state index in [9.17, 15) is 0 Å². The van der Waals surface area contributed by atoms with Crippen molar-refractivity contribution >= 4 is 30.3 Å². The summed E-state index contributed by atoms with van der Waals surface area (Å²) in [6, 6.07) is 8.70. The Bertz CT molecular complexity index is 504. The Labute approximate surface area is 99.8 Å². The van der Waals surface area contributed by atoms with E-state index in [1.54, 1.807) is 3.51 Å². The van der Waals surface area contributed by atoms with Gasteiger partial charge in [-0.3, -0.25) is 0 Å². The molecule has 0 fully saturated rings. The van der Waals surface area contributed by atoms with Gasteiger partial charge in [0, 0.05) is 7.43 Å². The zero-order valence-corrected chi connectivity index (χ0v) is 10.4. The monoisotopic (exact) mass is 306 g/mol. The number of benzene rings is 1. The van der Waals surface area contributed by atoms with Crippen LogP contribution in [0.4, 0.5) is 0 Å². The van der Waals surface area contributed by atoms with Gasteiger partial charge in [0.2, 0.25) is 0 Å². The first kappa shape index (κ1) is 9.28. The van der Waals surface area contributed by atoms with Gasteiger partial charge in [-0.1, -0.05) is 54.6 Å². The second-order valence-corrected chi connectivity index (χ2v) is 6.82. The maximum absolute atomic E-state index is 2.35. The number of alkyl halides is 1. The van der Waals surface area contributed by atoms with Crippen LogP contribution >= 0.6 is 20.7 Å². The van der Waals surface area contributed by atoms with Crippen LogP contribution < -0.4 is 0 Å². The summed E-state index contributed by atoms with van der Waals surface area (Å²) in [4.78, 5) is 0. The third-order valence-electron chi connectivity index (χ3n) is 2.57. The molecule has 1 atom stereocenters. The van der Waals surface area contributed by atoms with Crippen LogP contribution in [-0.2, 0) is 0 Å². The third-order valence-corrected chi connectivity index (χ3v) is 5.73. The molecule has 0 saturated carbocycles. The van der Waals surface area contributed by atoms with Gasteiger partial charge in [-0.05, 0) is 17.2 Å². The van der Waals surface area contributed by atoms with Crippen molar-refractivity contribution in [2.75, 3.05) is 0 Å². The molecule has 2 aliphatic rings. The van der Waals surface area contributed by atoms with Crippen molar-refractivity contribution in [2.24, 2.45) is 0 Å². The molecule has 0 aromatic heterocycles. The van der Waals surface area contributed by atoms with Gasteiger partial charge in [-0.15, -0.1) is 20.7 Å². The highest BCUT2D eigenvalue weighted by molar-refractivity contribution is 14.2. The van der Waals surface area contributed by atoms with Gasteiger partial charge in [0.05, 0.1) is 0 Å². The maximum atomic E-state index is 2.35. The summed E-state index contributed by atoms with van der Waals surface area (Å²) in [5.41, 5.74) is 2.80. The van der Waals surface area contributed by atoms with Gasteiger partial charge in [0.25, 0.3) is 0 Å². The molecule has 0 N–H and O–H groups in total. The van der Waals surface area contributed by atoms with E-state index in [0.717, 1.165) is 0 Å². The quantitative estimate of drug-likeness (QED) is 0.506. The molecule has 74 valence electrons. The van der Waals surface area contributed by atoms with Crippen LogP contribution in [0.3, 0.4) is 0 Å². The van der Waals surface area contributed by atoms with E-state index in [2.05, 4.69) is 60.7 Å². The topological polar surface area (TPSA) is 0 Å². The molecule has 2 aliphatic heterocycles. The van der Waals surface area contributed by atoms with Gasteiger partial charge in [-0.25, -0.2) is 0 Å². The van der Waals surface area contributed by atoms with Crippen LogP contribution in [-0.4, -0.2) is 7.43 Å². The Hall–Kier alpha value is -0.960. The minimum absolute atomic E-state index is 0.0850. The molecule has 0 aliphatic carbocycles. The second kappa shape index (κ2) is 3.89. The summed E-state index contributed by atoms with van der Waals surface area (Å²) in [5.74, 6) is 0. The summed E-state index contributed by atoms with van der Waals surface area (Å²) in [6.07, 6.45) is 13.6. The van der Waals surface area contributed by atoms with Gasteiger partial charge < -0.3 is 0 Å². The first-order chi connectivity index (χ1) is 7.43. The van der Waals surface area contributed by atoms with Gasteiger partial charge in [-0.2, -0.15) is 0 Å². The molecule has 0 nitrogen and oxygen atoms in total. The Kier molecular flexibility index (Phi) is 2.41. The van der Waals surface area contributed by atoms with E-state index in [1.807, 2.05) is 0 Å². The van der Waals surface area contributed by atoms with Crippen LogP contribution in [0, 0.1) is 0 Å². The number of fused-ring (bicyclic) bond motifs is 3. The van der Waals surface area contributed by atoms with Crippen molar-refractivity contribution in [1.29, 1.82) is 0 Å². The molecular weight excluding hydrogens is 295 g/mol. The Balaban J connectivity index is 2.24. The maximum Gasteiger partial charge on any atom is 0.0433 e. The number of rotatable bonds is 0. The van der Waals surface area contributed by atoms with Gasteiger partial charge in [0.15, 0.2) is 0 Å². The highest BCUT2D eigenvalue weighted by atomic mass is 127. The van der Waals surface area contributed by atoms with E-state index < -0.39 is 0 Å². The van der Waals surface area contributed by atoms with Crippen molar-refractivity contribution in [3.8, 4) is 0 Å². The van der Waals surface area contributed by atoms with Crippen molar-refractivity contribution in [3.05, 3.63) is 65.8 Å². The summed E-state index contributed by atoms with van der Waals surface area (Å²) in [5, 5.41) is 0. The molecule has 0 radical (unpaired) electrons. The molecule has 0 saturated heterocycles. The number of halogens is 1. The van der Waals surface area contributed by atoms with Crippen LogP contribution in [0.25, 0.3) is 6.08 Å². The minimum atomic E-state index is 0.0850. The van der Waals surface area contributed by atoms with Crippen LogP contribution in [0.15, 0.2) is 54.6 Å². The zero-order valence-electron chi connectivity index (χ0n) is 8.23. The minimum Gasteiger partial charge on any atom is -0.102 e. The van der Waals surface area contributed by atoms with Crippen LogP contribution in [0.1, 0.15) is 11.1 Å². The predicted molar refractivity (Wildman–Crippen MR) is 75.7 cm³/mol.